The van der Waals surface area contributed by atoms with Crippen LogP contribution in [0.4, 0.5) is 5.69 Å². The summed E-state index contributed by atoms with van der Waals surface area (Å²) in [5.41, 5.74) is 2.68. The fourth-order valence-corrected chi connectivity index (χ4v) is 5.10. The van der Waals surface area contributed by atoms with Crippen molar-refractivity contribution in [3.05, 3.63) is 45.1 Å². The topological polar surface area (TPSA) is 60.5 Å². The van der Waals surface area contributed by atoms with Crippen LogP contribution in [0.5, 0.6) is 11.5 Å². The number of anilines is 1. The van der Waals surface area contributed by atoms with Crippen molar-refractivity contribution in [3.8, 4) is 22.1 Å². The lowest BCUT2D eigenvalue weighted by atomic mass is 10.1. The molecular weight excluding hydrogens is 392 g/mol. The number of nitrogens with zero attached hydrogens (tertiary/aromatic N) is 1. The molecular formula is C21H22N2O3S2. The normalized spacial score (nSPS) is 15.2. The maximum Gasteiger partial charge on any atom is 0.229 e. The molecule has 0 spiro atoms. The van der Waals surface area contributed by atoms with Crippen LogP contribution in [0.15, 0.2) is 29.6 Å². The van der Waals surface area contributed by atoms with E-state index in [0.29, 0.717) is 18.0 Å². The SMILES string of the molecule is CCOc1cc2c(cc1NC(=O)Cc1sc(C)nc1-c1cccs1)O[C@H](C)C2. The van der Waals surface area contributed by atoms with E-state index in [1.807, 2.05) is 50.4 Å². The number of amides is 1. The number of carbonyl (C=O) groups excluding carboxylic acids is 1. The Hall–Kier alpha value is -2.38. The van der Waals surface area contributed by atoms with Crippen molar-refractivity contribution in [2.24, 2.45) is 0 Å². The molecule has 0 saturated heterocycles. The van der Waals surface area contributed by atoms with Gasteiger partial charge < -0.3 is 14.8 Å². The summed E-state index contributed by atoms with van der Waals surface area (Å²) < 4.78 is 11.6. The molecule has 0 saturated carbocycles. The molecule has 146 valence electrons. The molecule has 1 atom stereocenters. The van der Waals surface area contributed by atoms with Crippen molar-refractivity contribution >= 4 is 34.3 Å². The number of benzene rings is 1. The Morgan fingerprint density at radius 3 is 3.04 bits per heavy atom. The number of nitrogens with one attached hydrogen (secondary N) is 1. The first kappa shape index (κ1) is 19.0. The number of hydrogen-bond acceptors (Lipinski definition) is 6. The third-order valence-electron chi connectivity index (χ3n) is 4.45. The number of rotatable bonds is 6. The van der Waals surface area contributed by atoms with Crippen molar-refractivity contribution in [1.82, 2.24) is 4.98 Å². The monoisotopic (exact) mass is 414 g/mol. The van der Waals surface area contributed by atoms with Gasteiger partial charge in [0.2, 0.25) is 5.91 Å². The predicted octanol–water partition coefficient (Wildman–Crippen LogP) is 5.08. The summed E-state index contributed by atoms with van der Waals surface area (Å²) >= 11 is 3.20. The van der Waals surface area contributed by atoms with Crippen molar-refractivity contribution < 1.29 is 14.3 Å². The summed E-state index contributed by atoms with van der Waals surface area (Å²) in [6.45, 7) is 6.48. The van der Waals surface area contributed by atoms with Crippen molar-refractivity contribution in [1.29, 1.82) is 0 Å². The fourth-order valence-electron chi connectivity index (χ4n) is 3.35. The molecule has 0 radical (unpaired) electrons. The summed E-state index contributed by atoms with van der Waals surface area (Å²) in [6, 6.07) is 7.89. The van der Waals surface area contributed by atoms with Crippen LogP contribution in [0.25, 0.3) is 10.6 Å². The van der Waals surface area contributed by atoms with Gasteiger partial charge in [-0.15, -0.1) is 22.7 Å². The molecule has 3 heterocycles. The molecule has 1 aliphatic heterocycles. The van der Waals surface area contributed by atoms with Gasteiger partial charge in [0.05, 0.1) is 34.3 Å². The van der Waals surface area contributed by atoms with Crippen LogP contribution in [0, 0.1) is 6.92 Å². The molecule has 0 bridgehead atoms. The molecule has 0 fully saturated rings. The van der Waals surface area contributed by atoms with Crippen LogP contribution >= 0.6 is 22.7 Å². The van der Waals surface area contributed by atoms with E-state index in [-0.39, 0.29) is 18.4 Å². The van der Waals surface area contributed by atoms with E-state index in [9.17, 15) is 4.79 Å². The molecule has 4 rings (SSSR count). The number of ether oxygens (including phenoxy) is 2. The summed E-state index contributed by atoms with van der Waals surface area (Å²) in [4.78, 5) is 19.5. The third-order valence-corrected chi connectivity index (χ3v) is 6.30. The standard InChI is InChI=1S/C21H22N2O3S2/c1-4-25-17-9-14-8-12(2)26-16(14)10-15(17)23-20(24)11-19-21(22-13(3)28-19)18-6-5-7-27-18/h5-7,9-10,12H,4,8,11H2,1-3H3,(H,23,24)/t12-/m1/s1. The van der Waals surface area contributed by atoms with Crippen molar-refractivity contribution in [2.45, 2.75) is 39.7 Å². The molecule has 1 amide bonds. The second-order valence-electron chi connectivity index (χ2n) is 6.73. The Morgan fingerprint density at radius 1 is 1.43 bits per heavy atom. The largest absolute Gasteiger partial charge is 0.492 e. The van der Waals surface area contributed by atoms with E-state index in [1.165, 1.54) is 0 Å². The van der Waals surface area contributed by atoms with E-state index in [1.54, 1.807) is 22.7 Å². The van der Waals surface area contributed by atoms with Crippen molar-refractivity contribution in [3.63, 3.8) is 0 Å². The average Bonchev–Trinajstić information content (AvgIpc) is 3.35. The van der Waals surface area contributed by atoms with Crippen LogP contribution in [0.3, 0.4) is 0 Å². The number of thiazole rings is 1. The minimum Gasteiger partial charge on any atom is -0.492 e. The van der Waals surface area contributed by atoms with E-state index in [4.69, 9.17) is 9.47 Å². The van der Waals surface area contributed by atoms with Crippen LogP contribution < -0.4 is 14.8 Å². The van der Waals surface area contributed by atoms with Gasteiger partial charge in [0.1, 0.15) is 17.6 Å². The second kappa shape index (κ2) is 7.93. The Labute approximate surface area is 172 Å². The lowest BCUT2D eigenvalue weighted by molar-refractivity contribution is -0.115. The Bertz CT molecular complexity index is 996. The fraction of sp³-hybridized carbons (Fsp3) is 0.333. The molecule has 1 aliphatic rings. The molecule has 2 aromatic heterocycles. The first-order chi connectivity index (χ1) is 13.5. The van der Waals surface area contributed by atoms with Crippen molar-refractivity contribution in [2.75, 3.05) is 11.9 Å². The molecule has 0 unspecified atom stereocenters. The minimum absolute atomic E-state index is 0.0894. The highest BCUT2D eigenvalue weighted by Gasteiger charge is 2.23. The summed E-state index contributed by atoms with van der Waals surface area (Å²) in [5.74, 6) is 1.42. The summed E-state index contributed by atoms with van der Waals surface area (Å²) in [7, 11) is 0. The average molecular weight is 415 g/mol. The van der Waals surface area contributed by atoms with Crippen LogP contribution in [-0.4, -0.2) is 23.6 Å². The zero-order valence-electron chi connectivity index (χ0n) is 16.1. The third kappa shape index (κ3) is 3.91. The first-order valence-electron chi connectivity index (χ1n) is 9.30. The Balaban J connectivity index is 1.56. The number of carbonyl (C=O) groups is 1. The number of aryl methyl sites for hydroxylation is 1. The van der Waals surface area contributed by atoms with Crippen LogP contribution in [0.2, 0.25) is 0 Å². The van der Waals surface area contributed by atoms with Gasteiger partial charge in [0.25, 0.3) is 0 Å². The highest BCUT2D eigenvalue weighted by molar-refractivity contribution is 7.15. The Kier molecular flexibility index (Phi) is 5.37. The van der Waals surface area contributed by atoms with E-state index >= 15 is 0 Å². The summed E-state index contributed by atoms with van der Waals surface area (Å²) in [6.07, 6.45) is 1.27. The van der Waals surface area contributed by atoms with E-state index in [0.717, 1.165) is 38.2 Å². The van der Waals surface area contributed by atoms with Gasteiger partial charge in [0, 0.05) is 22.9 Å². The highest BCUT2D eigenvalue weighted by atomic mass is 32.1. The molecule has 1 aromatic carbocycles. The molecule has 0 aliphatic carbocycles. The zero-order valence-corrected chi connectivity index (χ0v) is 17.7. The highest BCUT2D eigenvalue weighted by Crippen LogP contribution is 2.38. The molecule has 1 N–H and O–H groups in total. The predicted molar refractivity (Wildman–Crippen MR) is 114 cm³/mol. The summed E-state index contributed by atoms with van der Waals surface area (Å²) in [5, 5.41) is 5.99. The van der Waals surface area contributed by atoms with Crippen LogP contribution in [-0.2, 0) is 17.6 Å². The number of hydrogen-bond donors (Lipinski definition) is 1. The maximum absolute atomic E-state index is 12.8. The smallest absolute Gasteiger partial charge is 0.229 e. The van der Waals surface area contributed by atoms with Crippen LogP contribution in [0.1, 0.15) is 29.3 Å². The van der Waals surface area contributed by atoms with Gasteiger partial charge in [-0.3, -0.25) is 4.79 Å². The molecule has 3 aromatic rings. The lowest BCUT2D eigenvalue weighted by Gasteiger charge is -2.13. The quantitative estimate of drug-likeness (QED) is 0.611. The molecule has 28 heavy (non-hydrogen) atoms. The number of aromatic nitrogens is 1. The second-order valence-corrected chi connectivity index (χ2v) is 8.96. The van der Waals surface area contributed by atoms with E-state index in [2.05, 4.69) is 10.3 Å². The number of thiophene rings is 1. The molecule has 5 nitrogen and oxygen atoms in total. The minimum atomic E-state index is -0.0894. The van der Waals surface area contributed by atoms with E-state index < -0.39 is 0 Å². The van der Waals surface area contributed by atoms with Gasteiger partial charge in [-0.2, -0.15) is 0 Å². The first-order valence-corrected chi connectivity index (χ1v) is 11.0. The molecule has 7 heteroatoms. The lowest BCUT2D eigenvalue weighted by Crippen LogP contribution is -2.15. The zero-order chi connectivity index (χ0) is 19.7. The van der Waals surface area contributed by atoms with Gasteiger partial charge >= 0.3 is 0 Å². The Morgan fingerprint density at radius 2 is 2.29 bits per heavy atom. The van der Waals surface area contributed by atoms with Gasteiger partial charge in [-0.05, 0) is 38.3 Å². The maximum atomic E-state index is 12.8. The van der Waals surface area contributed by atoms with Gasteiger partial charge in [0.15, 0.2) is 0 Å². The number of fused-ring (bicyclic) bond motifs is 1. The van der Waals surface area contributed by atoms with Gasteiger partial charge in [-0.1, -0.05) is 6.07 Å². The van der Waals surface area contributed by atoms with Gasteiger partial charge in [-0.25, -0.2) is 4.98 Å².